The average Bonchev–Trinajstić information content (AvgIpc) is 3.23. The molecule has 1 heterocycles. The second-order valence-electron chi connectivity index (χ2n) is 7.45. The highest BCUT2D eigenvalue weighted by molar-refractivity contribution is 5.95. The summed E-state index contributed by atoms with van der Waals surface area (Å²) in [6.07, 6.45) is 5.12. The average molecular weight is 398 g/mol. The number of hydrogen-bond donors (Lipinski definition) is 0. The maximum atomic E-state index is 13.3. The van der Waals surface area contributed by atoms with Crippen molar-refractivity contribution >= 4 is 17.7 Å². The molecule has 150 valence electrons. The van der Waals surface area contributed by atoms with Crippen molar-refractivity contribution in [1.29, 1.82) is 0 Å². The number of non-ortho nitro benzene ring substituents is 1. The van der Waals surface area contributed by atoms with E-state index in [-0.39, 0.29) is 23.6 Å². The van der Waals surface area contributed by atoms with Gasteiger partial charge in [-0.25, -0.2) is 0 Å². The third-order valence-corrected chi connectivity index (χ3v) is 5.46. The topological polar surface area (TPSA) is 63.4 Å². The molecule has 0 radical (unpaired) electrons. The quantitative estimate of drug-likeness (QED) is 0.420. The van der Waals surface area contributed by atoms with Crippen LogP contribution in [-0.2, 0) is 0 Å². The zero-order chi connectivity index (χ0) is 20.9. The summed E-state index contributed by atoms with van der Waals surface area (Å²) in [4.78, 5) is 25.6. The number of hydrogen-bond acceptors (Lipinski definition) is 3. The van der Waals surface area contributed by atoms with E-state index in [0.29, 0.717) is 12.1 Å². The van der Waals surface area contributed by atoms with Crippen molar-refractivity contribution in [1.82, 2.24) is 4.90 Å². The molecule has 1 aliphatic heterocycles. The lowest BCUT2D eigenvalue weighted by molar-refractivity contribution is -0.384. The number of nitrogens with zero attached hydrogens (tertiary/aromatic N) is 2. The zero-order valence-corrected chi connectivity index (χ0v) is 16.4. The molecular weight excluding hydrogens is 376 g/mol. The van der Waals surface area contributed by atoms with Crippen molar-refractivity contribution in [2.75, 3.05) is 6.54 Å². The van der Waals surface area contributed by atoms with Gasteiger partial charge in [0.2, 0.25) is 0 Å². The molecule has 3 aromatic rings. The van der Waals surface area contributed by atoms with Gasteiger partial charge in [-0.15, -0.1) is 0 Å². The minimum absolute atomic E-state index is 0.0174. The van der Waals surface area contributed by atoms with Crippen molar-refractivity contribution in [3.8, 4) is 0 Å². The highest BCUT2D eigenvalue weighted by Crippen LogP contribution is 2.37. The van der Waals surface area contributed by atoms with Gasteiger partial charge in [0.15, 0.2) is 0 Å². The Balaban J connectivity index is 1.59. The molecule has 1 fully saturated rings. The van der Waals surface area contributed by atoms with Crippen molar-refractivity contribution in [2.45, 2.75) is 12.5 Å². The second-order valence-corrected chi connectivity index (χ2v) is 7.45. The molecule has 1 saturated heterocycles. The van der Waals surface area contributed by atoms with Gasteiger partial charge in [0.1, 0.15) is 0 Å². The fourth-order valence-electron chi connectivity index (χ4n) is 3.93. The molecule has 0 unspecified atom stereocenters. The maximum absolute atomic E-state index is 13.3. The van der Waals surface area contributed by atoms with Gasteiger partial charge in [-0.1, -0.05) is 72.8 Å². The van der Waals surface area contributed by atoms with E-state index in [1.807, 2.05) is 53.4 Å². The fourth-order valence-corrected chi connectivity index (χ4v) is 3.93. The highest BCUT2D eigenvalue weighted by Gasteiger charge is 2.35. The van der Waals surface area contributed by atoms with Gasteiger partial charge in [-0.05, 0) is 35.6 Å². The summed E-state index contributed by atoms with van der Waals surface area (Å²) in [5.74, 6) is 0.131. The van der Waals surface area contributed by atoms with E-state index in [1.165, 1.54) is 24.3 Å². The van der Waals surface area contributed by atoms with E-state index in [1.54, 1.807) is 0 Å². The smallest absolute Gasteiger partial charge is 0.269 e. The van der Waals surface area contributed by atoms with Crippen LogP contribution in [0.25, 0.3) is 6.08 Å². The van der Waals surface area contributed by atoms with Crippen LogP contribution in [0.3, 0.4) is 0 Å². The third kappa shape index (κ3) is 4.30. The van der Waals surface area contributed by atoms with Crippen molar-refractivity contribution in [3.05, 3.63) is 118 Å². The number of amides is 1. The number of carbonyl (C=O) groups is 1. The number of likely N-dealkylation sites (tertiary alicyclic amines) is 1. The molecule has 0 aromatic heterocycles. The monoisotopic (exact) mass is 398 g/mol. The van der Waals surface area contributed by atoms with E-state index in [0.717, 1.165) is 17.5 Å². The van der Waals surface area contributed by atoms with E-state index in [2.05, 4.69) is 24.3 Å². The molecule has 2 atom stereocenters. The van der Waals surface area contributed by atoms with Gasteiger partial charge in [-0.3, -0.25) is 14.9 Å². The minimum Gasteiger partial charge on any atom is -0.331 e. The summed E-state index contributed by atoms with van der Waals surface area (Å²) >= 11 is 0. The molecule has 5 nitrogen and oxygen atoms in total. The van der Waals surface area contributed by atoms with Crippen LogP contribution in [0.2, 0.25) is 0 Å². The Morgan fingerprint density at radius 3 is 2.20 bits per heavy atom. The number of carbonyl (C=O) groups excluding carboxylic acids is 1. The molecule has 0 spiro atoms. The van der Waals surface area contributed by atoms with Gasteiger partial charge < -0.3 is 4.90 Å². The predicted molar refractivity (Wildman–Crippen MR) is 117 cm³/mol. The Kier molecular flexibility index (Phi) is 5.70. The van der Waals surface area contributed by atoms with Crippen LogP contribution >= 0.6 is 0 Å². The Labute approximate surface area is 175 Å². The molecule has 1 aliphatic rings. The zero-order valence-electron chi connectivity index (χ0n) is 16.4. The molecule has 0 N–H and O–H groups in total. The molecule has 0 aliphatic carbocycles. The normalized spacial score (nSPS) is 18.6. The van der Waals surface area contributed by atoms with Gasteiger partial charge >= 0.3 is 0 Å². The molecule has 3 aromatic carbocycles. The van der Waals surface area contributed by atoms with Crippen molar-refractivity contribution in [2.24, 2.45) is 5.92 Å². The molecule has 4 rings (SSSR count). The van der Waals surface area contributed by atoms with E-state index < -0.39 is 4.92 Å². The molecule has 5 heteroatoms. The van der Waals surface area contributed by atoms with Gasteiger partial charge in [-0.2, -0.15) is 0 Å². The van der Waals surface area contributed by atoms with Crippen LogP contribution in [-0.4, -0.2) is 22.3 Å². The Morgan fingerprint density at radius 2 is 1.57 bits per heavy atom. The Bertz CT molecular complexity index is 1050. The van der Waals surface area contributed by atoms with Gasteiger partial charge in [0.05, 0.1) is 11.0 Å². The summed E-state index contributed by atoms with van der Waals surface area (Å²) < 4.78 is 0. The van der Waals surface area contributed by atoms with Crippen LogP contribution in [0, 0.1) is 16.0 Å². The maximum Gasteiger partial charge on any atom is 0.269 e. The summed E-state index contributed by atoms with van der Waals surface area (Å²) in [6, 6.07) is 25.9. The predicted octanol–water partition coefficient (Wildman–Crippen LogP) is 5.51. The van der Waals surface area contributed by atoms with Crippen LogP contribution < -0.4 is 0 Å². The van der Waals surface area contributed by atoms with Crippen LogP contribution in [0.5, 0.6) is 0 Å². The lowest BCUT2D eigenvalue weighted by Crippen LogP contribution is -2.31. The SMILES string of the molecule is O=C(c1ccc([N+](=O)[O-])cc1)N1C[C@H](/C=C/c2ccccc2)C[C@@H]1c1ccccc1. The van der Waals surface area contributed by atoms with Gasteiger partial charge in [0, 0.05) is 24.2 Å². The number of rotatable bonds is 5. The standard InChI is InChI=1S/C25H22N2O3/c28-25(22-13-15-23(16-14-22)27(29)30)26-18-20(12-11-19-7-3-1-4-8-19)17-24(26)21-9-5-2-6-10-21/h1-16,20,24H,17-18H2/b12-11+/t20-,24-/m1/s1. The lowest BCUT2D eigenvalue weighted by atomic mass is 9.99. The second kappa shape index (κ2) is 8.74. The number of benzene rings is 3. The molecule has 30 heavy (non-hydrogen) atoms. The van der Waals surface area contributed by atoms with Crippen molar-refractivity contribution in [3.63, 3.8) is 0 Å². The fraction of sp³-hybridized carbons (Fsp3) is 0.160. The molecular formula is C25H22N2O3. The molecule has 1 amide bonds. The van der Waals surface area contributed by atoms with E-state index in [9.17, 15) is 14.9 Å². The number of nitro groups is 1. The van der Waals surface area contributed by atoms with Gasteiger partial charge in [0.25, 0.3) is 11.6 Å². The first-order valence-corrected chi connectivity index (χ1v) is 9.95. The molecule has 0 bridgehead atoms. The first-order chi connectivity index (χ1) is 14.6. The first kappa shape index (κ1) is 19.6. The Hall–Kier alpha value is -3.73. The summed E-state index contributed by atoms with van der Waals surface area (Å²) in [5.41, 5.74) is 2.68. The Morgan fingerprint density at radius 1 is 0.933 bits per heavy atom. The largest absolute Gasteiger partial charge is 0.331 e. The summed E-state index contributed by atoms with van der Waals surface area (Å²) in [7, 11) is 0. The third-order valence-electron chi connectivity index (χ3n) is 5.46. The summed E-state index contributed by atoms with van der Waals surface area (Å²) in [5, 5.41) is 10.9. The van der Waals surface area contributed by atoms with Crippen LogP contribution in [0.15, 0.2) is 91.0 Å². The summed E-state index contributed by atoms with van der Waals surface area (Å²) in [6.45, 7) is 0.610. The van der Waals surface area contributed by atoms with Crippen LogP contribution in [0.4, 0.5) is 5.69 Å². The minimum atomic E-state index is -0.457. The highest BCUT2D eigenvalue weighted by atomic mass is 16.6. The number of nitro benzene ring substituents is 1. The van der Waals surface area contributed by atoms with Crippen molar-refractivity contribution < 1.29 is 9.72 Å². The first-order valence-electron chi connectivity index (χ1n) is 9.95. The van der Waals surface area contributed by atoms with E-state index in [4.69, 9.17) is 0 Å². The van der Waals surface area contributed by atoms with Crippen LogP contribution in [0.1, 0.15) is 33.9 Å². The molecule has 0 saturated carbocycles. The van der Waals surface area contributed by atoms with E-state index >= 15 is 0 Å². The lowest BCUT2D eigenvalue weighted by Gasteiger charge is -2.25.